The zero-order valence-corrected chi connectivity index (χ0v) is 12.5. The number of aromatic nitrogens is 2. The van der Waals surface area contributed by atoms with Gasteiger partial charge in [-0.3, -0.25) is 19.8 Å². The van der Waals surface area contributed by atoms with E-state index in [0.29, 0.717) is 11.7 Å². The van der Waals surface area contributed by atoms with Gasteiger partial charge in [0.1, 0.15) is 5.82 Å². The number of rotatable bonds is 6. The maximum Gasteiger partial charge on any atom is 0.246 e. The molecular weight excluding hydrogens is 280 g/mol. The van der Waals surface area contributed by atoms with E-state index in [9.17, 15) is 9.59 Å². The number of carbonyl (C=O) groups excluding carboxylic acids is 2. The lowest BCUT2D eigenvalue weighted by Gasteiger charge is -2.10. The van der Waals surface area contributed by atoms with Crippen LogP contribution >= 0.6 is 11.6 Å². The molecule has 2 heterocycles. The predicted molar refractivity (Wildman–Crippen MR) is 75.2 cm³/mol. The van der Waals surface area contributed by atoms with Crippen molar-refractivity contribution in [2.45, 2.75) is 45.2 Å². The van der Waals surface area contributed by atoms with Gasteiger partial charge in [0.15, 0.2) is 5.15 Å². The van der Waals surface area contributed by atoms with E-state index in [1.165, 1.54) is 7.05 Å². The molecule has 0 spiro atoms. The molecule has 1 saturated heterocycles. The Morgan fingerprint density at radius 3 is 2.85 bits per heavy atom. The smallest absolute Gasteiger partial charge is 0.246 e. The molecule has 0 saturated carbocycles. The monoisotopic (exact) mass is 298 g/mol. The fourth-order valence-corrected chi connectivity index (χ4v) is 2.38. The number of aryl methyl sites for hydroxylation is 1. The quantitative estimate of drug-likeness (QED) is 0.775. The Bertz CT molecular complexity index is 514. The molecule has 2 rings (SSSR count). The van der Waals surface area contributed by atoms with E-state index in [2.05, 4.69) is 22.2 Å². The summed E-state index contributed by atoms with van der Waals surface area (Å²) in [6.07, 6.45) is 3.21. The number of likely N-dealkylation sites (N-methyl/N-ethyl adjacent to an activating group) is 1. The molecule has 1 aliphatic heterocycles. The minimum Gasteiger partial charge on any atom is -0.344 e. The SMILES string of the molecule is CCCCc1nc(Cl)c(CNC2CC(=O)N(C)C2=O)[nH]1. The lowest BCUT2D eigenvalue weighted by atomic mass is 10.2. The molecule has 0 aromatic carbocycles. The molecule has 1 aliphatic rings. The van der Waals surface area contributed by atoms with Crippen LogP contribution in [0.1, 0.15) is 37.7 Å². The van der Waals surface area contributed by atoms with E-state index in [1.807, 2.05) is 0 Å². The van der Waals surface area contributed by atoms with Crippen LogP contribution < -0.4 is 5.32 Å². The molecule has 0 radical (unpaired) electrons. The first kappa shape index (κ1) is 15.0. The number of halogens is 1. The first-order valence-corrected chi connectivity index (χ1v) is 7.17. The summed E-state index contributed by atoms with van der Waals surface area (Å²) in [6, 6.07) is -0.467. The minimum absolute atomic E-state index is 0.160. The summed E-state index contributed by atoms with van der Waals surface area (Å²) < 4.78 is 0. The Morgan fingerprint density at radius 2 is 2.25 bits per heavy atom. The van der Waals surface area contributed by atoms with E-state index in [4.69, 9.17) is 11.6 Å². The van der Waals surface area contributed by atoms with E-state index < -0.39 is 6.04 Å². The van der Waals surface area contributed by atoms with Gasteiger partial charge in [0, 0.05) is 20.0 Å². The number of amides is 2. The number of unbranched alkanes of at least 4 members (excludes halogenated alkanes) is 1. The fourth-order valence-electron chi connectivity index (χ4n) is 2.16. The van der Waals surface area contributed by atoms with Gasteiger partial charge in [-0.25, -0.2) is 4.98 Å². The van der Waals surface area contributed by atoms with Crippen molar-refractivity contribution in [1.29, 1.82) is 0 Å². The number of carbonyl (C=O) groups is 2. The van der Waals surface area contributed by atoms with E-state index >= 15 is 0 Å². The van der Waals surface area contributed by atoms with Crippen LogP contribution in [0.4, 0.5) is 0 Å². The normalized spacial score (nSPS) is 19.1. The largest absolute Gasteiger partial charge is 0.344 e. The summed E-state index contributed by atoms with van der Waals surface area (Å²) >= 11 is 6.06. The fraction of sp³-hybridized carbons (Fsp3) is 0.615. The Labute approximate surface area is 122 Å². The number of aromatic amines is 1. The summed E-state index contributed by atoms with van der Waals surface area (Å²) in [7, 11) is 1.50. The molecule has 1 aromatic rings. The number of imide groups is 1. The van der Waals surface area contributed by atoms with Crippen molar-refractivity contribution < 1.29 is 9.59 Å². The number of hydrogen-bond donors (Lipinski definition) is 2. The second kappa shape index (κ2) is 6.37. The van der Waals surface area contributed by atoms with Gasteiger partial charge in [0.05, 0.1) is 18.2 Å². The molecule has 20 heavy (non-hydrogen) atoms. The molecule has 2 amide bonds. The van der Waals surface area contributed by atoms with Crippen molar-refractivity contribution in [2.75, 3.05) is 7.05 Å². The topological polar surface area (TPSA) is 78.1 Å². The number of hydrogen-bond acceptors (Lipinski definition) is 4. The van der Waals surface area contributed by atoms with Gasteiger partial charge >= 0.3 is 0 Å². The highest BCUT2D eigenvalue weighted by Crippen LogP contribution is 2.16. The number of imidazole rings is 1. The summed E-state index contributed by atoms with van der Waals surface area (Å²) in [5, 5.41) is 3.48. The first-order valence-electron chi connectivity index (χ1n) is 6.80. The summed E-state index contributed by atoms with van der Waals surface area (Å²) in [6.45, 7) is 2.52. The first-order chi connectivity index (χ1) is 9.52. The van der Waals surface area contributed by atoms with Crippen LogP contribution in [0.2, 0.25) is 5.15 Å². The van der Waals surface area contributed by atoms with Crippen molar-refractivity contribution in [3.05, 3.63) is 16.7 Å². The molecule has 110 valence electrons. The van der Waals surface area contributed by atoms with E-state index in [0.717, 1.165) is 35.7 Å². The third-order valence-corrected chi connectivity index (χ3v) is 3.76. The zero-order chi connectivity index (χ0) is 14.7. The van der Waals surface area contributed by atoms with Gasteiger partial charge < -0.3 is 4.98 Å². The molecule has 7 heteroatoms. The van der Waals surface area contributed by atoms with E-state index in [-0.39, 0.29) is 18.2 Å². The van der Waals surface area contributed by atoms with E-state index in [1.54, 1.807) is 0 Å². The van der Waals surface area contributed by atoms with Gasteiger partial charge in [-0.1, -0.05) is 24.9 Å². The Morgan fingerprint density at radius 1 is 1.50 bits per heavy atom. The summed E-state index contributed by atoms with van der Waals surface area (Å²) in [5.41, 5.74) is 0.757. The molecule has 2 N–H and O–H groups in total. The molecule has 6 nitrogen and oxygen atoms in total. The molecule has 0 aliphatic carbocycles. The third-order valence-electron chi connectivity index (χ3n) is 3.45. The van der Waals surface area contributed by atoms with Gasteiger partial charge in [-0.2, -0.15) is 0 Å². The molecule has 1 fully saturated rings. The summed E-state index contributed by atoms with van der Waals surface area (Å²) in [5.74, 6) is 0.503. The summed E-state index contributed by atoms with van der Waals surface area (Å²) in [4.78, 5) is 31.7. The molecule has 1 aromatic heterocycles. The molecule has 0 bridgehead atoms. The Balaban J connectivity index is 1.92. The lowest BCUT2D eigenvalue weighted by molar-refractivity contribution is -0.137. The molecule has 1 unspecified atom stereocenters. The van der Waals surface area contributed by atoms with Crippen molar-refractivity contribution in [3.8, 4) is 0 Å². The standard InChI is InChI=1S/C13H19ClN4O2/c1-3-4-5-10-16-9(12(14)17-10)7-15-8-6-11(19)18(2)13(8)20/h8,15H,3-7H2,1-2H3,(H,16,17). The van der Waals surface area contributed by atoms with Gasteiger partial charge in [0.25, 0.3) is 0 Å². The van der Waals surface area contributed by atoms with Crippen molar-refractivity contribution in [2.24, 2.45) is 0 Å². The van der Waals surface area contributed by atoms with Crippen LogP contribution in [0, 0.1) is 0 Å². The second-order valence-corrected chi connectivity index (χ2v) is 5.34. The average molecular weight is 299 g/mol. The number of nitrogens with one attached hydrogen (secondary N) is 2. The van der Waals surface area contributed by atoms with Gasteiger partial charge in [0.2, 0.25) is 11.8 Å². The highest BCUT2D eigenvalue weighted by molar-refractivity contribution is 6.30. The van der Waals surface area contributed by atoms with Crippen LogP contribution in [-0.2, 0) is 22.6 Å². The highest BCUT2D eigenvalue weighted by atomic mass is 35.5. The Kier molecular flexibility index (Phi) is 4.77. The Hall–Kier alpha value is -1.40. The van der Waals surface area contributed by atoms with Crippen LogP contribution in [0.3, 0.4) is 0 Å². The van der Waals surface area contributed by atoms with Crippen LogP contribution in [0.5, 0.6) is 0 Å². The number of H-pyrrole nitrogens is 1. The van der Waals surface area contributed by atoms with Crippen LogP contribution in [-0.4, -0.2) is 39.8 Å². The molecular formula is C13H19ClN4O2. The number of nitrogens with zero attached hydrogens (tertiary/aromatic N) is 2. The zero-order valence-electron chi connectivity index (χ0n) is 11.7. The van der Waals surface area contributed by atoms with Gasteiger partial charge in [-0.15, -0.1) is 0 Å². The lowest BCUT2D eigenvalue weighted by Crippen LogP contribution is -2.36. The van der Waals surface area contributed by atoms with Crippen molar-refractivity contribution >= 4 is 23.4 Å². The van der Waals surface area contributed by atoms with Crippen LogP contribution in [0.15, 0.2) is 0 Å². The third kappa shape index (κ3) is 3.19. The minimum atomic E-state index is -0.467. The number of likely N-dealkylation sites (tertiary alicyclic amines) is 1. The van der Waals surface area contributed by atoms with Crippen molar-refractivity contribution in [1.82, 2.24) is 20.2 Å². The van der Waals surface area contributed by atoms with Gasteiger partial charge in [-0.05, 0) is 6.42 Å². The maximum absolute atomic E-state index is 11.8. The second-order valence-electron chi connectivity index (χ2n) is 4.99. The van der Waals surface area contributed by atoms with Crippen molar-refractivity contribution in [3.63, 3.8) is 0 Å². The average Bonchev–Trinajstić information content (AvgIpc) is 2.89. The highest BCUT2D eigenvalue weighted by Gasteiger charge is 2.35. The van der Waals surface area contributed by atoms with Crippen LogP contribution in [0.25, 0.3) is 0 Å². The predicted octanol–water partition coefficient (Wildman–Crippen LogP) is 1.25. The maximum atomic E-state index is 11.8. The molecule has 1 atom stereocenters.